The van der Waals surface area contributed by atoms with Crippen LogP contribution in [0.2, 0.25) is 0 Å². The molecule has 4 heterocycles. The van der Waals surface area contributed by atoms with Crippen LogP contribution in [0.1, 0.15) is 19.0 Å². The van der Waals surface area contributed by atoms with Gasteiger partial charge in [-0.25, -0.2) is 4.98 Å². The molecule has 0 bridgehead atoms. The number of anilines is 1. The lowest BCUT2D eigenvalue weighted by atomic mass is 10.2. The number of nitrogens with one attached hydrogen (secondary N) is 2. The van der Waals surface area contributed by atoms with Gasteiger partial charge in [-0.3, -0.25) is 4.98 Å². The van der Waals surface area contributed by atoms with E-state index in [0.29, 0.717) is 6.04 Å². The van der Waals surface area contributed by atoms with E-state index in [1.807, 2.05) is 22.7 Å². The Hall–Kier alpha value is -2.47. The van der Waals surface area contributed by atoms with Crippen LogP contribution in [0.15, 0.2) is 36.7 Å². The van der Waals surface area contributed by atoms with Crippen molar-refractivity contribution in [3.05, 3.63) is 42.4 Å². The molecular formula is C17H20N6. The first kappa shape index (κ1) is 14.1. The molecular weight excluding hydrogens is 288 g/mol. The fourth-order valence-corrected chi connectivity index (χ4v) is 2.96. The van der Waals surface area contributed by atoms with E-state index in [1.165, 1.54) is 0 Å². The van der Waals surface area contributed by atoms with Gasteiger partial charge in [0.25, 0.3) is 0 Å². The highest BCUT2D eigenvalue weighted by Crippen LogP contribution is 2.22. The van der Waals surface area contributed by atoms with Gasteiger partial charge in [-0.05, 0) is 31.5 Å². The van der Waals surface area contributed by atoms with Gasteiger partial charge in [0.15, 0.2) is 5.65 Å². The standard InChI is InChI=1S/C17H20N6/c1-2-13-9-16(21-14-5-8-19-11-14)23-17(20-13)10-15(22-23)12-3-6-18-7-4-12/h3-4,6-7,9-10,14,19,21H,2,5,8,11H2,1H3. The molecule has 23 heavy (non-hydrogen) atoms. The van der Waals surface area contributed by atoms with Crippen molar-refractivity contribution in [1.29, 1.82) is 0 Å². The fraction of sp³-hybridized carbons (Fsp3) is 0.353. The van der Waals surface area contributed by atoms with Crippen LogP contribution in [0.4, 0.5) is 5.82 Å². The van der Waals surface area contributed by atoms with E-state index in [2.05, 4.69) is 28.6 Å². The van der Waals surface area contributed by atoms with Crippen LogP contribution in [0.5, 0.6) is 0 Å². The lowest BCUT2D eigenvalue weighted by Crippen LogP contribution is -2.23. The molecule has 3 aromatic heterocycles. The number of rotatable bonds is 4. The van der Waals surface area contributed by atoms with Crippen LogP contribution in [-0.4, -0.2) is 38.7 Å². The molecule has 1 aliphatic rings. The van der Waals surface area contributed by atoms with Gasteiger partial charge in [0.2, 0.25) is 0 Å². The highest BCUT2D eigenvalue weighted by Gasteiger charge is 2.17. The molecule has 0 spiro atoms. The van der Waals surface area contributed by atoms with Crippen molar-refractivity contribution in [3.63, 3.8) is 0 Å². The zero-order chi connectivity index (χ0) is 15.6. The van der Waals surface area contributed by atoms with E-state index in [0.717, 1.165) is 54.3 Å². The number of nitrogens with zero attached hydrogens (tertiary/aromatic N) is 4. The summed E-state index contributed by atoms with van der Waals surface area (Å²) in [5, 5.41) is 11.7. The minimum atomic E-state index is 0.443. The second-order valence-corrected chi connectivity index (χ2v) is 5.86. The lowest BCUT2D eigenvalue weighted by Gasteiger charge is -2.14. The molecule has 1 aliphatic heterocycles. The first-order valence-corrected chi connectivity index (χ1v) is 8.11. The van der Waals surface area contributed by atoms with Crippen molar-refractivity contribution in [3.8, 4) is 11.3 Å². The maximum atomic E-state index is 4.74. The van der Waals surface area contributed by atoms with E-state index >= 15 is 0 Å². The molecule has 0 saturated carbocycles. The maximum Gasteiger partial charge on any atom is 0.158 e. The third-order valence-electron chi connectivity index (χ3n) is 4.23. The van der Waals surface area contributed by atoms with Crippen molar-refractivity contribution in [2.45, 2.75) is 25.8 Å². The van der Waals surface area contributed by atoms with E-state index in [9.17, 15) is 0 Å². The Labute approximate surface area is 135 Å². The zero-order valence-electron chi connectivity index (χ0n) is 13.2. The van der Waals surface area contributed by atoms with Crippen LogP contribution >= 0.6 is 0 Å². The molecule has 6 nitrogen and oxygen atoms in total. The van der Waals surface area contributed by atoms with Crippen molar-refractivity contribution in [2.75, 3.05) is 18.4 Å². The highest BCUT2D eigenvalue weighted by molar-refractivity contribution is 5.65. The van der Waals surface area contributed by atoms with Gasteiger partial charge in [0.1, 0.15) is 5.82 Å². The first-order chi connectivity index (χ1) is 11.3. The molecule has 1 unspecified atom stereocenters. The molecule has 6 heteroatoms. The molecule has 0 amide bonds. The minimum Gasteiger partial charge on any atom is -0.366 e. The van der Waals surface area contributed by atoms with Crippen molar-refractivity contribution in [1.82, 2.24) is 24.9 Å². The normalized spacial score (nSPS) is 17.7. The number of aromatic nitrogens is 4. The van der Waals surface area contributed by atoms with Crippen molar-refractivity contribution in [2.24, 2.45) is 0 Å². The maximum absolute atomic E-state index is 4.74. The van der Waals surface area contributed by atoms with Gasteiger partial charge in [-0.2, -0.15) is 9.61 Å². The van der Waals surface area contributed by atoms with Gasteiger partial charge >= 0.3 is 0 Å². The summed E-state index contributed by atoms with van der Waals surface area (Å²) < 4.78 is 1.91. The Balaban J connectivity index is 1.78. The Morgan fingerprint density at radius 2 is 2.17 bits per heavy atom. The fourth-order valence-electron chi connectivity index (χ4n) is 2.96. The van der Waals surface area contributed by atoms with Crippen LogP contribution in [0.25, 0.3) is 16.9 Å². The summed E-state index contributed by atoms with van der Waals surface area (Å²) in [5.74, 6) is 1.01. The molecule has 118 valence electrons. The van der Waals surface area contributed by atoms with Crippen molar-refractivity contribution < 1.29 is 0 Å². The average Bonchev–Trinajstić information content (AvgIpc) is 3.24. The van der Waals surface area contributed by atoms with Crippen LogP contribution in [0, 0.1) is 0 Å². The molecule has 0 radical (unpaired) electrons. The Bertz CT molecular complexity index is 805. The predicted octanol–water partition coefficient (Wildman–Crippen LogP) is 2.13. The molecule has 3 aromatic rings. The zero-order valence-corrected chi connectivity index (χ0v) is 13.2. The monoisotopic (exact) mass is 308 g/mol. The van der Waals surface area contributed by atoms with Gasteiger partial charge in [0, 0.05) is 48.4 Å². The van der Waals surface area contributed by atoms with Gasteiger partial charge < -0.3 is 10.6 Å². The second-order valence-electron chi connectivity index (χ2n) is 5.86. The third kappa shape index (κ3) is 2.77. The SMILES string of the molecule is CCc1cc(NC2CCNC2)n2nc(-c3ccncc3)cc2n1. The summed E-state index contributed by atoms with van der Waals surface area (Å²) >= 11 is 0. The second kappa shape index (κ2) is 5.96. The molecule has 0 aliphatic carbocycles. The Morgan fingerprint density at radius 1 is 1.30 bits per heavy atom. The van der Waals surface area contributed by atoms with E-state index < -0.39 is 0 Å². The van der Waals surface area contributed by atoms with Crippen LogP contribution < -0.4 is 10.6 Å². The Kier molecular flexibility index (Phi) is 3.67. The number of hydrogen-bond acceptors (Lipinski definition) is 5. The van der Waals surface area contributed by atoms with Crippen molar-refractivity contribution >= 4 is 11.5 Å². The van der Waals surface area contributed by atoms with Gasteiger partial charge in [-0.1, -0.05) is 6.92 Å². The number of hydrogen-bond donors (Lipinski definition) is 2. The molecule has 1 atom stereocenters. The summed E-state index contributed by atoms with van der Waals surface area (Å²) in [5.41, 5.74) is 3.93. The number of pyridine rings is 1. The summed E-state index contributed by atoms with van der Waals surface area (Å²) in [6, 6.07) is 8.52. The summed E-state index contributed by atoms with van der Waals surface area (Å²) in [7, 11) is 0. The minimum absolute atomic E-state index is 0.443. The summed E-state index contributed by atoms with van der Waals surface area (Å²) in [6.45, 7) is 4.18. The third-order valence-corrected chi connectivity index (χ3v) is 4.23. The Morgan fingerprint density at radius 3 is 2.91 bits per heavy atom. The van der Waals surface area contributed by atoms with E-state index in [4.69, 9.17) is 10.1 Å². The average molecular weight is 308 g/mol. The molecule has 0 aromatic carbocycles. The lowest BCUT2D eigenvalue weighted by molar-refractivity contribution is 0.773. The quantitative estimate of drug-likeness (QED) is 0.773. The molecule has 1 fully saturated rings. The van der Waals surface area contributed by atoms with Crippen LogP contribution in [0.3, 0.4) is 0 Å². The molecule has 2 N–H and O–H groups in total. The number of aryl methyl sites for hydroxylation is 1. The molecule has 4 rings (SSSR count). The van der Waals surface area contributed by atoms with E-state index in [1.54, 1.807) is 12.4 Å². The predicted molar refractivity (Wildman–Crippen MR) is 90.5 cm³/mol. The topological polar surface area (TPSA) is 67.1 Å². The molecule has 1 saturated heterocycles. The van der Waals surface area contributed by atoms with Crippen LogP contribution in [-0.2, 0) is 6.42 Å². The highest BCUT2D eigenvalue weighted by atomic mass is 15.3. The number of fused-ring (bicyclic) bond motifs is 1. The smallest absolute Gasteiger partial charge is 0.158 e. The summed E-state index contributed by atoms with van der Waals surface area (Å²) in [4.78, 5) is 8.77. The van der Waals surface area contributed by atoms with Gasteiger partial charge in [-0.15, -0.1) is 0 Å². The van der Waals surface area contributed by atoms with Gasteiger partial charge in [0.05, 0.1) is 5.69 Å². The van der Waals surface area contributed by atoms with E-state index in [-0.39, 0.29) is 0 Å². The first-order valence-electron chi connectivity index (χ1n) is 8.11. The summed E-state index contributed by atoms with van der Waals surface area (Å²) in [6.07, 6.45) is 5.61. The largest absolute Gasteiger partial charge is 0.366 e.